The van der Waals surface area contributed by atoms with Gasteiger partial charge in [-0.3, -0.25) is 0 Å². The molecule has 1 aliphatic rings. The van der Waals surface area contributed by atoms with Gasteiger partial charge in [0.05, 0.1) is 22.7 Å². The van der Waals surface area contributed by atoms with Crippen molar-refractivity contribution >= 4 is 23.3 Å². The van der Waals surface area contributed by atoms with Crippen LogP contribution in [0.15, 0.2) is 18.2 Å². The van der Waals surface area contributed by atoms with Gasteiger partial charge in [0.2, 0.25) is 0 Å². The first kappa shape index (κ1) is 13.4. The highest BCUT2D eigenvalue weighted by molar-refractivity contribution is 7.71. The normalized spacial score (nSPS) is 22.8. The van der Waals surface area contributed by atoms with Crippen molar-refractivity contribution in [1.82, 2.24) is 9.55 Å². The molecule has 0 aliphatic heterocycles. The summed E-state index contributed by atoms with van der Waals surface area (Å²) >= 11 is 5.45. The average Bonchev–Trinajstić information content (AvgIpc) is 2.74. The van der Waals surface area contributed by atoms with Crippen molar-refractivity contribution in [2.75, 3.05) is 0 Å². The van der Waals surface area contributed by atoms with Crippen LogP contribution < -0.4 is 0 Å². The standard InChI is InChI=1S/C16H19N3S/c1-11-3-2-4-13(7-11)10-19-15-8-12(9-17)5-6-14(15)18-16(19)20/h5-6,8,11,13H,2-4,7,10H2,1H3,(H,18,20). The molecule has 0 spiro atoms. The largest absolute Gasteiger partial charge is 0.331 e. The summed E-state index contributed by atoms with van der Waals surface area (Å²) in [7, 11) is 0. The van der Waals surface area contributed by atoms with Crippen LogP contribution >= 0.6 is 12.2 Å². The van der Waals surface area contributed by atoms with E-state index in [0.29, 0.717) is 11.5 Å². The van der Waals surface area contributed by atoms with Gasteiger partial charge in [-0.15, -0.1) is 0 Å². The number of nitrogens with zero attached hydrogens (tertiary/aromatic N) is 2. The van der Waals surface area contributed by atoms with E-state index in [2.05, 4.69) is 22.5 Å². The molecule has 1 heterocycles. The van der Waals surface area contributed by atoms with Gasteiger partial charge in [0.1, 0.15) is 0 Å². The summed E-state index contributed by atoms with van der Waals surface area (Å²) in [4.78, 5) is 3.25. The van der Waals surface area contributed by atoms with E-state index in [0.717, 1.165) is 28.3 Å². The molecule has 0 saturated heterocycles. The Kier molecular flexibility index (Phi) is 3.62. The van der Waals surface area contributed by atoms with Crippen LogP contribution in [0.5, 0.6) is 0 Å². The maximum absolute atomic E-state index is 9.06. The summed E-state index contributed by atoms with van der Waals surface area (Å²) in [6.07, 6.45) is 5.25. The molecule has 3 nitrogen and oxygen atoms in total. The highest BCUT2D eigenvalue weighted by Gasteiger charge is 2.20. The molecule has 0 amide bonds. The zero-order valence-corrected chi connectivity index (χ0v) is 12.5. The Morgan fingerprint density at radius 3 is 3.05 bits per heavy atom. The summed E-state index contributed by atoms with van der Waals surface area (Å²) in [5, 5.41) is 9.06. The number of imidazole rings is 1. The van der Waals surface area contributed by atoms with Gasteiger partial charge in [-0.2, -0.15) is 5.26 Å². The van der Waals surface area contributed by atoms with Crippen molar-refractivity contribution in [2.45, 2.75) is 39.2 Å². The van der Waals surface area contributed by atoms with Gasteiger partial charge in [-0.05, 0) is 55.1 Å². The number of benzene rings is 1. The predicted octanol–water partition coefficient (Wildman–Crippen LogP) is 4.40. The molecule has 0 bridgehead atoms. The van der Waals surface area contributed by atoms with Crippen LogP contribution in [0.2, 0.25) is 0 Å². The predicted molar refractivity (Wildman–Crippen MR) is 83.0 cm³/mol. The summed E-state index contributed by atoms with van der Waals surface area (Å²) in [5.74, 6) is 1.53. The Morgan fingerprint density at radius 2 is 2.30 bits per heavy atom. The van der Waals surface area contributed by atoms with Crippen LogP contribution in [-0.2, 0) is 6.54 Å². The number of hydrogen-bond donors (Lipinski definition) is 1. The van der Waals surface area contributed by atoms with Gasteiger partial charge in [-0.25, -0.2) is 0 Å². The Hall–Kier alpha value is -1.60. The number of H-pyrrole nitrogens is 1. The molecule has 2 unspecified atom stereocenters. The van der Waals surface area contributed by atoms with Gasteiger partial charge < -0.3 is 9.55 Å². The number of rotatable bonds is 2. The van der Waals surface area contributed by atoms with Crippen LogP contribution in [0.3, 0.4) is 0 Å². The second-order valence-corrected chi connectivity index (χ2v) is 6.41. The van der Waals surface area contributed by atoms with Crippen LogP contribution in [0.4, 0.5) is 0 Å². The highest BCUT2D eigenvalue weighted by atomic mass is 32.1. The fraction of sp³-hybridized carbons (Fsp3) is 0.500. The molecule has 20 heavy (non-hydrogen) atoms. The molecule has 1 aliphatic carbocycles. The average molecular weight is 285 g/mol. The summed E-state index contributed by atoms with van der Waals surface area (Å²) in [6.45, 7) is 3.31. The van der Waals surface area contributed by atoms with Gasteiger partial charge >= 0.3 is 0 Å². The van der Waals surface area contributed by atoms with Crippen molar-refractivity contribution in [3.63, 3.8) is 0 Å². The van der Waals surface area contributed by atoms with Crippen molar-refractivity contribution in [1.29, 1.82) is 5.26 Å². The van der Waals surface area contributed by atoms with E-state index < -0.39 is 0 Å². The number of aromatic nitrogens is 2. The number of nitriles is 1. The Balaban J connectivity index is 1.96. The van der Waals surface area contributed by atoms with Crippen molar-refractivity contribution in [3.8, 4) is 6.07 Å². The maximum atomic E-state index is 9.06. The number of hydrogen-bond acceptors (Lipinski definition) is 2. The number of fused-ring (bicyclic) bond motifs is 1. The highest BCUT2D eigenvalue weighted by Crippen LogP contribution is 2.30. The molecule has 1 saturated carbocycles. The van der Waals surface area contributed by atoms with Crippen LogP contribution in [-0.4, -0.2) is 9.55 Å². The smallest absolute Gasteiger partial charge is 0.178 e. The van der Waals surface area contributed by atoms with Gasteiger partial charge in [0, 0.05) is 6.54 Å². The molecule has 2 atom stereocenters. The third kappa shape index (κ3) is 2.51. The van der Waals surface area contributed by atoms with Crippen LogP contribution in [0, 0.1) is 27.9 Å². The fourth-order valence-electron chi connectivity index (χ4n) is 3.39. The molecule has 1 N–H and O–H groups in total. The second-order valence-electron chi connectivity index (χ2n) is 6.02. The van der Waals surface area contributed by atoms with E-state index in [1.807, 2.05) is 18.2 Å². The third-order valence-corrected chi connectivity index (χ3v) is 4.71. The minimum absolute atomic E-state index is 0.692. The Morgan fingerprint density at radius 1 is 1.45 bits per heavy atom. The lowest BCUT2D eigenvalue weighted by Crippen LogP contribution is -2.18. The minimum Gasteiger partial charge on any atom is -0.331 e. The summed E-state index contributed by atoms with van der Waals surface area (Å²) in [6, 6.07) is 7.93. The minimum atomic E-state index is 0.692. The molecule has 0 radical (unpaired) electrons. The Labute approximate surface area is 124 Å². The molecule has 4 heteroatoms. The van der Waals surface area contributed by atoms with Gasteiger partial charge in [0.15, 0.2) is 4.77 Å². The van der Waals surface area contributed by atoms with E-state index in [-0.39, 0.29) is 0 Å². The number of nitrogens with one attached hydrogen (secondary N) is 1. The number of aromatic amines is 1. The van der Waals surface area contributed by atoms with Crippen LogP contribution in [0.1, 0.15) is 38.2 Å². The van der Waals surface area contributed by atoms with Crippen molar-refractivity contribution in [2.24, 2.45) is 11.8 Å². The quantitative estimate of drug-likeness (QED) is 0.831. The lowest BCUT2D eigenvalue weighted by Gasteiger charge is -2.27. The zero-order chi connectivity index (χ0) is 14.1. The molecule has 3 rings (SSSR count). The molecule has 104 valence electrons. The first-order valence-corrected chi connectivity index (χ1v) is 7.71. The Bertz CT molecular complexity index is 719. The van der Waals surface area contributed by atoms with E-state index in [4.69, 9.17) is 17.5 Å². The second kappa shape index (κ2) is 5.41. The molecular formula is C16H19N3S. The molecule has 1 aromatic carbocycles. The van der Waals surface area contributed by atoms with E-state index >= 15 is 0 Å². The summed E-state index contributed by atoms with van der Waals surface area (Å²) in [5.41, 5.74) is 2.78. The monoisotopic (exact) mass is 285 g/mol. The lowest BCUT2D eigenvalue weighted by molar-refractivity contribution is 0.258. The fourth-order valence-corrected chi connectivity index (χ4v) is 3.67. The van der Waals surface area contributed by atoms with E-state index in [1.165, 1.54) is 25.7 Å². The van der Waals surface area contributed by atoms with Crippen molar-refractivity contribution in [3.05, 3.63) is 28.5 Å². The SMILES string of the molecule is CC1CCCC(Cn2c(=S)[nH]c3ccc(C#N)cc32)C1. The maximum Gasteiger partial charge on any atom is 0.178 e. The molecule has 1 fully saturated rings. The molecular weight excluding hydrogens is 266 g/mol. The van der Waals surface area contributed by atoms with E-state index in [9.17, 15) is 0 Å². The third-order valence-electron chi connectivity index (χ3n) is 4.39. The first-order chi connectivity index (χ1) is 9.67. The van der Waals surface area contributed by atoms with Gasteiger partial charge in [-0.1, -0.05) is 19.8 Å². The van der Waals surface area contributed by atoms with Crippen molar-refractivity contribution < 1.29 is 0 Å². The van der Waals surface area contributed by atoms with Gasteiger partial charge in [0.25, 0.3) is 0 Å². The first-order valence-electron chi connectivity index (χ1n) is 7.30. The lowest BCUT2D eigenvalue weighted by atomic mass is 9.82. The topological polar surface area (TPSA) is 44.5 Å². The van der Waals surface area contributed by atoms with E-state index in [1.54, 1.807) is 0 Å². The van der Waals surface area contributed by atoms with Crippen LogP contribution in [0.25, 0.3) is 11.0 Å². The molecule has 2 aromatic rings. The molecule has 1 aromatic heterocycles. The zero-order valence-electron chi connectivity index (χ0n) is 11.7. The summed E-state index contributed by atoms with van der Waals surface area (Å²) < 4.78 is 2.95.